The fraction of sp³-hybridized carbons (Fsp3) is 0.167. The summed E-state index contributed by atoms with van der Waals surface area (Å²) < 4.78 is 11.4. The molecule has 0 saturated heterocycles. The standard InChI is InChI=1S/C18H15Cl2NO2/c1-12(11-19)22-15-4-6-16(7-5-15)23-18-9-2-13-10-14(20)3-8-17(13)21-18/h2-10,12H,11H2,1H3. The normalized spacial score (nSPS) is 12.1. The highest BCUT2D eigenvalue weighted by Gasteiger charge is 2.04. The highest BCUT2D eigenvalue weighted by molar-refractivity contribution is 6.31. The second-order valence-electron chi connectivity index (χ2n) is 5.14. The van der Waals surface area contributed by atoms with E-state index in [-0.39, 0.29) is 6.10 Å². The Kier molecular flexibility index (Phi) is 4.89. The zero-order valence-electron chi connectivity index (χ0n) is 12.5. The highest BCUT2D eigenvalue weighted by atomic mass is 35.5. The molecule has 1 heterocycles. The molecule has 3 aromatic rings. The van der Waals surface area contributed by atoms with Crippen LogP contribution in [0.15, 0.2) is 54.6 Å². The van der Waals surface area contributed by atoms with E-state index in [1.807, 2.05) is 61.5 Å². The Hall–Kier alpha value is -1.97. The summed E-state index contributed by atoms with van der Waals surface area (Å²) in [5.74, 6) is 2.43. The van der Waals surface area contributed by atoms with Gasteiger partial charge in [-0.05, 0) is 55.5 Å². The van der Waals surface area contributed by atoms with Crippen molar-refractivity contribution >= 4 is 34.1 Å². The van der Waals surface area contributed by atoms with Crippen LogP contribution in [0.25, 0.3) is 10.9 Å². The van der Waals surface area contributed by atoms with E-state index in [2.05, 4.69) is 4.98 Å². The molecule has 0 radical (unpaired) electrons. The van der Waals surface area contributed by atoms with Gasteiger partial charge in [0.2, 0.25) is 5.88 Å². The van der Waals surface area contributed by atoms with Crippen LogP contribution in [-0.2, 0) is 0 Å². The molecule has 0 saturated carbocycles. The van der Waals surface area contributed by atoms with Crippen molar-refractivity contribution in [1.82, 2.24) is 4.98 Å². The number of rotatable bonds is 5. The van der Waals surface area contributed by atoms with Crippen LogP contribution in [0.3, 0.4) is 0 Å². The van der Waals surface area contributed by atoms with E-state index >= 15 is 0 Å². The Bertz CT molecular complexity index is 806. The molecule has 0 aliphatic heterocycles. The number of nitrogens with zero attached hydrogens (tertiary/aromatic N) is 1. The largest absolute Gasteiger partial charge is 0.489 e. The Morgan fingerprint density at radius 3 is 2.48 bits per heavy atom. The van der Waals surface area contributed by atoms with Gasteiger partial charge in [0.15, 0.2) is 0 Å². The summed E-state index contributed by atoms with van der Waals surface area (Å²) in [7, 11) is 0. The van der Waals surface area contributed by atoms with Crippen molar-refractivity contribution in [2.45, 2.75) is 13.0 Å². The third-order valence-electron chi connectivity index (χ3n) is 3.23. The first-order chi connectivity index (χ1) is 11.1. The molecule has 0 aliphatic carbocycles. The van der Waals surface area contributed by atoms with Gasteiger partial charge in [0, 0.05) is 16.5 Å². The molecule has 1 unspecified atom stereocenters. The summed E-state index contributed by atoms with van der Waals surface area (Å²) in [4.78, 5) is 4.47. The van der Waals surface area contributed by atoms with Gasteiger partial charge in [-0.25, -0.2) is 4.98 Å². The van der Waals surface area contributed by atoms with Crippen molar-refractivity contribution in [1.29, 1.82) is 0 Å². The first kappa shape index (κ1) is 15.9. The Labute approximate surface area is 144 Å². The molecular formula is C18H15Cl2NO2. The Morgan fingerprint density at radius 1 is 1.00 bits per heavy atom. The van der Waals surface area contributed by atoms with Crippen LogP contribution in [0.4, 0.5) is 0 Å². The van der Waals surface area contributed by atoms with Crippen LogP contribution in [0.2, 0.25) is 5.02 Å². The minimum absolute atomic E-state index is 0.0302. The van der Waals surface area contributed by atoms with Crippen LogP contribution < -0.4 is 9.47 Å². The number of fused-ring (bicyclic) bond motifs is 1. The molecule has 0 spiro atoms. The fourth-order valence-corrected chi connectivity index (χ4v) is 2.35. The number of halogens is 2. The van der Waals surface area contributed by atoms with Gasteiger partial charge >= 0.3 is 0 Å². The second-order valence-corrected chi connectivity index (χ2v) is 5.89. The lowest BCUT2D eigenvalue weighted by atomic mass is 10.2. The zero-order valence-corrected chi connectivity index (χ0v) is 14.0. The number of pyridine rings is 1. The second kappa shape index (κ2) is 7.07. The molecule has 0 N–H and O–H groups in total. The molecular weight excluding hydrogens is 333 g/mol. The van der Waals surface area contributed by atoms with Gasteiger partial charge in [-0.2, -0.15) is 0 Å². The minimum atomic E-state index is -0.0302. The van der Waals surface area contributed by atoms with Crippen LogP contribution in [0.5, 0.6) is 17.4 Å². The summed E-state index contributed by atoms with van der Waals surface area (Å²) in [5.41, 5.74) is 0.836. The lowest BCUT2D eigenvalue weighted by Gasteiger charge is -2.12. The predicted molar refractivity (Wildman–Crippen MR) is 94.1 cm³/mol. The zero-order chi connectivity index (χ0) is 16.2. The number of hydrogen-bond acceptors (Lipinski definition) is 3. The summed E-state index contributed by atoms with van der Waals surface area (Å²) in [6.45, 7) is 1.92. The molecule has 0 fully saturated rings. The van der Waals surface area contributed by atoms with Gasteiger partial charge in [0.1, 0.15) is 17.6 Å². The third kappa shape index (κ3) is 4.06. The number of benzene rings is 2. The van der Waals surface area contributed by atoms with E-state index in [1.165, 1.54) is 0 Å². The molecule has 0 aliphatic rings. The van der Waals surface area contributed by atoms with Crippen molar-refractivity contribution < 1.29 is 9.47 Å². The van der Waals surface area contributed by atoms with E-state index in [0.717, 1.165) is 16.7 Å². The van der Waals surface area contributed by atoms with Crippen molar-refractivity contribution in [2.75, 3.05) is 5.88 Å². The van der Waals surface area contributed by atoms with Gasteiger partial charge in [-0.1, -0.05) is 11.6 Å². The summed E-state index contributed by atoms with van der Waals surface area (Å²) >= 11 is 11.7. The van der Waals surface area contributed by atoms with Crippen LogP contribution in [0, 0.1) is 0 Å². The van der Waals surface area contributed by atoms with Crippen LogP contribution in [-0.4, -0.2) is 17.0 Å². The summed E-state index contributed by atoms with van der Waals surface area (Å²) in [6, 6.07) is 16.7. The van der Waals surface area contributed by atoms with E-state index in [4.69, 9.17) is 32.7 Å². The molecule has 23 heavy (non-hydrogen) atoms. The van der Waals surface area contributed by atoms with E-state index in [1.54, 1.807) is 0 Å². The summed E-state index contributed by atoms with van der Waals surface area (Å²) in [6.07, 6.45) is -0.0302. The van der Waals surface area contributed by atoms with E-state index in [0.29, 0.717) is 22.5 Å². The maximum absolute atomic E-state index is 5.97. The Balaban J connectivity index is 1.75. The monoisotopic (exact) mass is 347 g/mol. The van der Waals surface area contributed by atoms with E-state index in [9.17, 15) is 0 Å². The van der Waals surface area contributed by atoms with E-state index < -0.39 is 0 Å². The maximum atomic E-state index is 5.97. The average molecular weight is 348 g/mol. The summed E-state index contributed by atoms with van der Waals surface area (Å²) in [5, 5.41) is 1.67. The number of ether oxygens (including phenoxy) is 2. The van der Waals surface area contributed by atoms with Crippen molar-refractivity contribution in [3.05, 3.63) is 59.6 Å². The average Bonchev–Trinajstić information content (AvgIpc) is 2.56. The first-order valence-electron chi connectivity index (χ1n) is 7.21. The van der Waals surface area contributed by atoms with Gasteiger partial charge in [0.05, 0.1) is 11.4 Å². The number of aromatic nitrogens is 1. The molecule has 0 bridgehead atoms. The van der Waals surface area contributed by atoms with Crippen molar-refractivity contribution in [3.8, 4) is 17.4 Å². The fourth-order valence-electron chi connectivity index (χ4n) is 2.11. The molecule has 5 heteroatoms. The smallest absolute Gasteiger partial charge is 0.219 e. The minimum Gasteiger partial charge on any atom is -0.489 e. The molecule has 2 aromatic carbocycles. The Morgan fingerprint density at radius 2 is 1.74 bits per heavy atom. The topological polar surface area (TPSA) is 31.4 Å². The molecule has 3 rings (SSSR count). The molecule has 1 atom stereocenters. The molecule has 1 aromatic heterocycles. The predicted octanol–water partition coefficient (Wildman–Crippen LogP) is 5.69. The number of hydrogen-bond donors (Lipinski definition) is 0. The number of alkyl halides is 1. The highest BCUT2D eigenvalue weighted by Crippen LogP contribution is 2.26. The van der Waals surface area contributed by atoms with Gasteiger partial charge in [0.25, 0.3) is 0 Å². The maximum Gasteiger partial charge on any atom is 0.219 e. The van der Waals surface area contributed by atoms with Crippen molar-refractivity contribution in [3.63, 3.8) is 0 Å². The molecule has 3 nitrogen and oxygen atoms in total. The third-order valence-corrected chi connectivity index (χ3v) is 3.90. The van der Waals surface area contributed by atoms with Gasteiger partial charge < -0.3 is 9.47 Å². The quantitative estimate of drug-likeness (QED) is 0.555. The van der Waals surface area contributed by atoms with Gasteiger partial charge in [-0.15, -0.1) is 11.6 Å². The SMILES string of the molecule is CC(CCl)Oc1ccc(Oc2ccc3cc(Cl)ccc3n2)cc1. The molecule has 0 amide bonds. The van der Waals surface area contributed by atoms with Crippen LogP contribution >= 0.6 is 23.2 Å². The first-order valence-corrected chi connectivity index (χ1v) is 8.12. The van der Waals surface area contributed by atoms with Gasteiger partial charge in [-0.3, -0.25) is 0 Å². The van der Waals surface area contributed by atoms with Crippen LogP contribution in [0.1, 0.15) is 6.92 Å². The lowest BCUT2D eigenvalue weighted by molar-refractivity contribution is 0.245. The lowest BCUT2D eigenvalue weighted by Crippen LogP contribution is -2.12. The molecule has 118 valence electrons. The van der Waals surface area contributed by atoms with Crippen molar-refractivity contribution in [2.24, 2.45) is 0 Å².